The van der Waals surface area contributed by atoms with Gasteiger partial charge in [-0.3, -0.25) is 4.90 Å². The molecule has 3 aromatic carbocycles. The number of rotatable bonds is 7. The topological polar surface area (TPSA) is 30.9 Å². The lowest BCUT2D eigenvalue weighted by molar-refractivity contribution is 0.244. The number of methoxy groups -OCH3 is 2. The monoisotopic (exact) mass is 417 g/mol. The number of hydrogen-bond donors (Lipinski definition) is 0. The van der Waals surface area contributed by atoms with Crippen LogP contribution in [0.1, 0.15) is 42.0 Å². The molecule has 4 rings (SSSR count). The Morgan fingerprint density at radius 1 is 0.839 bits per heavy atom. The van der Waals surface area contributed by atoms with Crippen molar-refractivity contribution in [1.29, 1.82) is 0 Å². The van der Waals surface area contributed by atoms with E-state index in [1.165, 1.54) is 22.3 Å². The van der Waals surface area contributed by atoms with Crippen LogP contribution < -0.4 is 14.2 Å². The van der Waals surface area contributed by atoms with E-state index in [1.54, 1.807) is 14.2 Å². The Hall–Kier alpha value is -2.98. The summed E-state index contributed by atoms with van der Waals surface area (Å²) in [6, 6.07) is 21.0. The Morgan fingerprint density at radius 3 is 2.23 bits per heavy atom. The quantitative estimate of drug-likeness (QED) is 0.459. The van der Waals surface area contributed by atoms with Crippen LogP contribution in [0.25, 0.3) is 0 Å². The zero-order valence-corrected chi connectivity index (χ0v) is 18.9. The molecule has 1 aliphatic heterocycles. The van der Waals surface area contributed by atoms with E-state index in [2.05, 4.69) is 61.2 Å². The highest BCUT2D eigenvalue weighted by molar-refractivity contribution is 5.48. The first kappa shape index (κ1) is 21.3. The highest BCUT2D eigenvalue weighted by atomic mass is 16.5. The molecule has 0 atom stereocenters. The van der Waals surface area contributed by atoms with Gasteiger partial charge in [0.05, 0.1) is 14.2 Å². The molecule has 0 unspecified atom stereocenters. The van der Waals surface area contributed by atoms with Gasteiger partial charge in [0.1, 0.15) is 11.5 Å². The molecule has 4 heteroatoms. The fraction of sp³-hybridized carbons (Fsp3) is 0.333. The van der Waals surface area contributed by atoms with Gasteiger partial charge in [-0.05, 0) is 71.0 Å². The Bertz CT molecular complexity index is 1030. The fourth-order valence-corrected chi connectivity index (χ4v) is 4.10. The molecule has 31 heavy (non-hydrogen) atoms. The highest BCUT2D eigenvalue weighted by Gasteiger charge is 2.19. The van der Waals surface area contributed by atoms with Gasteiger partial charge in [-0.2, -0.15) is 0 Å². The third-order valence-corrected chi connectivity index (χ3v) is 5.88. The molecule has 0 aromatic heterocycles. The van der Waals surface area contributed by atoms with Crippen LogP contribution in [0.15, 0.2) is 60.7 Å². The van der Waals surface area contributed by atoms with Crippen LogP contribution in [0.3, 0.4) is 0 Å². The predicted molar refractivity (Wildman–Crippen MR) is 124 cm³/mol. The molecular weight excluding hydrogens is 386 g/mol. The lowest BCUT2D eigenvalue weighted by Gasteiger charge is -2.29. The van der Waals surface area contributed by atoms with Crippen molar-refractivity contribution < 1.29 is 14.2 Å². The van der Waals surface area contributed by atoms with Crippen LogP contribution in [0.4, 0.5) is 0 Å². The van der Waals surface area contributed by atoms with Crippen molar-refractivity contribution in [2.75, 3.05) is 20.8 Å². The highest BCUT2D eigenvalue weighted by Crippen LogP contribution is 2.34. The second-order valence-corrected chi connectivity index (χ2v) is 8.41. The molecule has 3 aromatic rings. The van der Waals surface area contributed by atoms with Gasteiger partial charge in [-0.25, -0.2) is 0 Å². The summed E-state index contributed by atoms with van der Waals surface area (Å²) in [4.78, 5) is 2.46. The van der Waals surface area contributed by atoms with Crippen molar-refractivity contribution in [3.8, 4) is 23.0 Å². The molecule has 0 saturated heterocycles. The smallest absolute Gasteiger partial charge is 0.161 e. The summed E-state index contributed by atoms with van der Waals surface area (Å²) >= 11 is 0. The average Bonchev–Trinajstić information content (AvgIpc) is 2.78. The van der Waals surface area contributed by atoms with Gasteiger partial charge in [0.15, 0.2) is 11.5 Å². The average molecular weight is 418 g/mol. The summed E-state index contributed by atoms with van der Waals surface area (Å²) in [6.45, 7) is 7.20. The third-order valence-electron chi connectivity index (χ3n) is 5.88. The molecule has 0 aliphatic carbocycles. The molecule has 0 N–H and O–H groups in total. The number of hydrogen-bond acceptors (Lipinski definition) is 4. The van der Waals surface area contributed by atoms with Gasteiger partial charge < -0.3 is 14.2 Å². The molecule has 4 nitrogen and oxygen atoms in total. The van der Waals surface area contributed by atoms with E-state index in [1.807, 2.05) is 18.2 Å². The van der Waals surface area contributed by atoms with E-state index in [0.717, 1.165) is 49.1 Å². The van der Waals surface area contributed by atoms with Gasteiger partial charge in [0.2, 0.25) is 0 Å². The number of benzene rings is 3. The molecule has 1 aliphatic rings. The SMILES string of the molecule is COc1cc2c(cc1OC)CN(Cc1cccc(Oc3ccc(C(C)C)cc3)c1)CC2. The first-order chi connectivity index (χ1) is 15.1. The summed E-state index contributed by atoms with van der Waals surface area (Å²) in [5.41, 5.74) is 5.22. The Morgan fingerprint density at radius 2 is 1.55 bits per heavy atom. The zero-order valence-electron chi connectivity index (χ0n) is 18.9. The molecule has 0 fully saturated rings. The maximum atomic E-state index is 6.11. The summed E-state index contributed by atoms with van der Waals surface area (Å²) < 4.78 is 17.0. The molecular formula is C27H31NO3. The van der Waals surface area contributed by atoms with Gasteiger partial charge >= 0.3 is 0 Å². The van der Waals surface area contributed by atoms with Crippen molar-refractivity contribution in [3.05, 3.63) is 82.9 Å². The van der Waals surface area contributed by atoms with Gasteiger partial charge in [-0.15, -0.1) is 0 Å². The molecule has 0 amide bonds. The number of nitrogens with zero attached hydrogens (tertiary/aromatic N) is 1. The first-order valence-corrected chi connectivity index (χ1v) is 10.9. The van der Waals surface area contributed by atoms with Crippen LogP contribution in [-0.4, -0.2) is 25.7 Å². The van der Waals surface area contributed by atoms with Crippen LogP contribution in [0.5, 0.6) is 23.0 Å². The normalized spacial score (nSPS) is 13.7. The second-order valence-electron chi connectivity index (χ2n) is 8.41. The molecule has 1 heterocycles. The minimum Gasteiger partial charge on any atom is -0.493 e. The maximum absolute atomic E-state index is 6.11. The molecule has 0 radical (unpaired) electrons. The van der Waals surface area contributed by atoms with Crippen molar-refractivity contribution >= 4 is 0 Å². The second kappa shape index (κ2) is 9.44. The van der Waals surface area contributed by atoms with Crippen molar-refractivity contribution in [1.82, 2.24) is 4.90 Å². The van der Waals surface area contributed by atoms with Crippen LogP contribution >= 0.6 is 0 Å². The van der Waals surface area contributed by atoms with E-state index < -0.39 is 0 Å². The fourth-order valence-electron chi connectivity index (χ4n) is 4.10. The zero-order chi connectivity index (χ0) is 21.8. The van der Waals surface area contributed by atoms with Crippen molar-refractivity contribution in [2.24, 2.45) is 0 Å². The minimum absolute atomic E-state index is 0.521. The third kappa shape index (κ3) is 5.02. The number of fused-ring (bicyclic) bond motifs is 1. The summed E-state index contributed by atoms with van der Waals surface area (Å²) in [6.07, 6.45) is 1.01. The van der Waals surface area contributed by atoms with E-state index in [4.69, 9.17) is 14.2 Å². The van der Waals surface area contributed by atoms with E-state index in [9.17, 15) is 0 Å². The molecule has 162 valence electrons. The largest absolute Gasteiger partial charge is 0.493 e. The lowest BCUT2D eigenvalue weighted by atomic mass is 9.98. The Balaban J connectivity index is 1.43. The van der Waals surface area contributed by atoms with Gasteiger partial charge in [0.25, 0.3) is 0 Å². The standard InChI is InChI=1S/C27H31NO3/c1-19(2)21-8-10-24(11-9-21)31-25-7-5-6-20(14-25)17-28-13-12-22-15-26(29-3)27(30-4)16-23(22)18-28/h5-11,14-16,19H,12-13,17-18H2,1-4H3. The van der Waals surface area contributed by atoms with Gasteiger partial charge in [0, 0.05) is 19.6 Å². The maximum Gasteiger partial charge on any atom is 0.161 e. The Labute approximate surface area is 185 Å². The van der Waals surface area contributed by atoms with Gasteiger partial charge in [-0.1, -0.05) is 38.1 Å². The van der Waals surface area contributed by atoms with E-state index in [0.29, 0.717) is 5.92 Å². The molecule has 0 bridgehead atoms. The Kier molecular flexibility index (Phi) is 6.47. The van der Waals surface area contributed by atoms with Crippen LogP contribution in [0, 0.1) is 0 Å². The van der Waals surface area contributed by atoms with Crippen molar-refractivity contribution in [2.45, 2.75) is 39.3 Å². The molecule has 0 spiro atoms. The van der Waals surface area contributed by atoms with Crippen molar-refractivity contribution in [3.63, 3.8) is 0 Å². The van der Waals surface area contributed by atoms with Crippen LogP contribution in [-0.2, 0) is 19.5 Å². The molecule has 0 saturated carbocycles. The minimum atomic E-state index is 0.521. The number of ether oxygens (including phenoxy) is 3. The van der Waals surface area contributed by atoms with E-state index in [-0.39, 0.29) is 0 Å². The summed E-state index contributed by atoms with van der Waals surface area (Å²) in [7, 11) is 3.37. The first-order valence-electron chi connectivity index (χ1n) is 10.9. The van der Waals surface area contributed by atoms with Crippen LogP contribution in [0.2, 0.25) is 0 Å². The van der Waals surface area contributed by atoms with E-state index >= 15 is 0 Å². The summed E-state index contributed by atoms with van der Waals surface area (Å²) in [5, 5.41) is 0. The lowest BCUT2D eigenvalue weighted by Crippen LogP contribution is -2.30. The predicted octanol–water partition coefficient (Wildman–Crippen LogP) is 6.18. The summed E-state index contributed by atoms with van der Waals surface area (Å²) in [5.74, 6) is 3.86.